The Labute approximate surface area is 247 Å². The van der Waals surface area contributed by atoms with E-state index >= 15 is 0 Å². The number of carbonyl (C=O) groups excluding carboxylic acids is 1. The number of rotatable bonds is 12. The third-order valence-corrected chi connectivity index (χ3v) is 8.23. The molecule has 3 aliphatic rings. The number of aliphatic hydroxyl groups excluding tert-OH is 1. The predicted octanol–water partition coefficient (Wildman–Crippen LogP) is 6.37. The molecular weight excluding hydrogens is 530 g/mol. The minimum Gasteiger partial charge on any atom is -0.491 e. The van der Waals surface area contributed by atoms with Crippen molar-refractivity contribution in [1.29, 1.82) is 0 Å². The Kier molecular flexibility index (Phi) is 8.77. The normalized spacial score (nSPS) is 17.6. The van der Waals surface area contributed by atoms with Crippen molar-refractivity contribution in [2.45, 2.75) is 64.0 Å². The number of hydrogen-bond donors (Lipinski definition) is 2. The van der Waals surface area contributed by atoms with Crippen molar-refractivity contribution in [2.75, 3.05) is 19.9 Å². The van der Waals surface area contributed by atoms with Crippen LogP contribution in [0.2, 0.25) is 0 Å². The van der Waals surface area contributed by atoms with Crippen molar-refractivity contribution in [1.82, 2.24) is 5.32 Å². The number of hydrogen-bond acceptors (Lipinski definition) is 7. The van der Waals surface area contributed by atoms with E-state index in [4.69, 9.17) is 18.9 Å². The third kappa shape index (κ3) is 6.80. The first kappa shape index (κ1) is 28.3. The molecule has 1 unspecified atom stereocenters. The molecule has 0 saturated heterocycles. The van der Waals surface area contributed by atoms with Crippen LogP contribution in [0.25, 0.3) is 11.1 Å². The Bertz CT molecular complexity index is 1400. The van der Waals surface area contributed by atoms with Crippen molar-refractivity contribution < 1.29 is 28.8 Å². The highest BCUT2D eigenvalue weighted by molar-refractivity contribution is 5.99. The molecule has 7 nitrogen and oxygen atoms in total. The fourth-order valence-corrected chi connectivity index (χ4v) is 5.73. The van der Waals surface area contributed by atoms with Crippen LogP contribution in [0.5, 0.6) is 23.0 Å². The van der Waals surface area contributed by atoms with Gasteiger partial charge >= 0.3 is 5.97 Å². The van der Waals surface area contributed by atoms with Gasteiger partial charge in [0.2, 0.25) is 6.79 Å². The van der Waals surface area contributed by atoms with Gasteiger partial charge < -0.3 is 29.4 Å². The molecule has 0 spiro atoms. The van der Waals surface area contributed by atoms with E-state index in [9.17, 15) is 9.90 Å². The molecule has 1 heterocycles. The Morgan fingerprint density at radius 2 is 1.52 bits per heavy atom. The van der Waals surface area contributed by atoms with Crippen LogP contribution in [0.15, 0.2) is 66.7 Å². The van der Waals surface area contributed by atoms with Gasteiger partial charge in [0.05, 0.1) is 5.92 Å². The van der Waals surface area contributed by atoms with Crippen molar-refractivity contribution in [2.24, 2.45) is 5.92 Å². The van der Waals surface area contributed by atoms with E-state index in [0.29, 0.717) is 24.1 Å². The average Bonchev–Trinajstić information content (AvgIpc) is 3.54. The van der Waals surface area contributed by atoms with Gasteiger partial charge in [-0.05, 0) is 96.3 Å². The van der Waals surface area contributed by atoms with Gasteiger partial charge in [-0.2, -0.15) is 0 Å². The Morgan fingerprint density at radius 1 is 0.881 bits per heavy atom. The standard InChI is InChI=1S/C35H39NO6/c1-2-31(26-13-18-32-33(19-26)41-22-40-32)34(24-11-16-30(17-12-24)42-35(38)25-7-8-25)23-9-14-29(15-10-23)39-21-28(37)20-36-27-5-3-4-6-27/h9-19,25,27-28,36-37H,2-8,20-22H2,1H3. The predicted molar refractivity (Wildman–Crippen MR) is 162 cm³/mol. The second-order valence-electron chi connectivity index (χ2n) is 11.4. The monoisotopic (exact) mass is 569 g/mol. The van der Waals surface area contributed by atoms with E-state index in [0.717, 1.165) is 58.6 Å². The first-order valence-electron chi connectivity index (χ1n) is 15.2. The molecule has 0 amide bonds. The lowest BCUT2D eigenvalue weighted by molar-refractivity contribution is -0.135. The van der Waals surface area contributed by atoms with Crippen molar-refractivity contribution in [3.8, 4) is 23.0 Å². The molecule has 1 atom stereocenters. The smallest absolute Gasteiger partial charge is 0.314 e. The molecule has 2 saturated carbocycles. The minimum absolute atomic E-state index is 0.0447. The van der Waals surface area contributed by atoms with Crippen LogP contribution in [0.3, 0.4) is 0 Å². The molecule has 0 aromatic heterocycles. The van der Waals surface area contributed by atoms with Gasteiger partial charge in [-0.25, -0.2) is 0 Å². The van der Waals surface area contributed by atoms with Crippen LogP contribution in [0.4, 0.5) is 0 Å². The number of aliphatic hydroxyl groups is 1. The number of ether oxygens (including phenoxy) is 4. The highest BCUT2D eigenvalue weighted by atomic mass is 16.7. The molecule has 3 aromatic rings. The maximum atomic E-state index is 12.2. The lowest BCUT2D eigenvalue weighted by Crippen LogP contribution is -2.36. The van der Waals surface area contributed by atoms with E-state index in [1.807, 2.05) is 48.5 Å². The fraction of sp³-hybridized carbons (Fsp3) is 0.400. The van der Waals surface area contributed by atoms with Gasteiger partial charge in [0.15, 0.2) is 11.5 Å². The molecule has 7 heteroatoms. The molecule has 6 rings (SSSR count). The summed E-state index contributed by atoms with van der Waals surface area (Å²) in [6.07, 6.45) is 6.94. The van der Waals surface area contributed by atoms with Crippen LogP contribution in [-0.2, 0) is 4.79 Å². The van der Waals surface area contributed by atoms with Crippen LogP contribution in [0.1, 0.15) is 68.6 Å². The van der Waals surface area contributed by atoms with E-state index in [-0.39, 0.29) is 25.3 Å². The Morgan fingerprint density at radius 3 is 2.19 bits per heavy atom. The molecule has 3 aromatic carbocycles. The number of fused-ring (bicyclic) bond motifs is 1. The highest BCUT2D eigenvalue weighted by Crippen LogP contribution is 2.40. The summed E-state index contributed by atoms with van der Waals surface area (Å²) in [6, 6.07) is 22.3. The summed E-state index contributed by atoms with van der Waals surface area (Å²) in [5.74, 6) is 2.65. The highest BCUT2D eigenvalue weighted by Gasteiger charge is 2.31. The second kappa shape index (κ2) is 13.0. The zero-order valence-corrected chi connectivity index (χ0v) is 24.1. The fourth-order valence-electron chi connectivity index (χ4n) is 5.73. The molecule has 2 aliphatic carbocycles. The molecular formula is C35H39NO6. The molecule has 2 N–H and O–H groups in total. The summed E-state index contributed by atoms with van der Waals surface area (Å²) in [7, 11) is 0. The summed E-state index contributed by atoms with van der Waals surface area (Å²) >= 11 is 0. The maximum absolute atomic E-state index is 12.2. The van der Waals surface area contributed by atoms with Gasteiger partial charge in [0.25, 0.3) is 0 Å². The Balaban J connectivity index is 1.24. The lowest BCUT2D eigenvalue weighted by atomic mass is 9.88. The van der Waals surface area contributed by atoms with Gasteiger partial charge in [-0.15, -0.1) is 0 Å². The summed E-state index contributed by atoms with van der Waals surface area (Å²) in [5.41, 5.74) is 5.32. The van der Waals surface area contributed by atoms with Gasteiger partial charge in [-0.1, -0.05) is 50.1 Å². The molecule has 42 heavy (non-hydrogen) atoms. The SMILES string of the molecule is CCC(=C(c1ccc(OCC(O)CNC2CCCC2)cc1)c1ccc(OC(=O)C2CC2)cc1)c1ccc2c(c1)OCO2. The molecule has 220 valence electrons. The van der Waals surface area contributed by atoms with Crippen molar-refractivity contribution in [3.05, 3.63) is 83.4 Å². The zero-order chi connectivity index (χ0) is 28.9. The van der Waals surface area contributed by atoms with Crippen LogP contribution < -0.4 is 24.3 Å². The van der Waals surface area contributed by atoms with Crippen molar-refractivity contribution in [3.63, 3.8) is 0 Å². The molecule has 1 aliphatic heterocycles. The largest absolute Gasteiger partial charge is 0.491 e. The van der Waals surface area contributed by atoms with Gasteiger partial charge in [0, 0.05) is 12.6 Å². The maximum Gasteiger partial charge on any atom is 0.314 e. The molecule has 0 bridgehead atoms. The molecule has 2 fully saturated rings. The lowest BCUT2D eigenvalue weighted by Gasteiger charge is -2.18. The van der Waals surface area contributed by atoms with E-state index in [1.54, 1.807) is 0 Å². The van der Waals surface area contributed by atoms with Gasteiger partial charge in [0.1, 0.15) is 24.2 Å². The van der Waals surface area contributed by atoms with E-state index < -0.39 is 6.10 Å². The average molecular weight is 570 g/mol. The number of esters is 1. The van der Waals surface area contributed by atoms with E-state index in [2.05, 4.69) is 30.4 Å². The van der Waals surface area contributed by atoms with Crippen LogP contribution in [-0.4, -0.2) is 43.2 Å². The summed E-state index contributed by atoms with van der Waals surface area (Å²) in [6.45, 7) is 3.14. The van der Waals surface area contributed by atoms with Crippen molar-refractivity contribution >= 4 is 17.1 Å². The summed E-state index contributed by atoms with van der Waals surface area (Å²) in [4.78, 5) is 12.2. The number of allylic oxidation sites excluding steroid dienone is 1. The zero-order valence-electron chi connectivity index (χ0n) is 24.1. The van der Waals surface area contributed by atoms with Crippen LogP contribution >= 0.6 is 0 Å². The third-order valence-electron chi connectivity index (χ3n) is 8.23. The van der Waals surface area contributed by atoms with Crippen LogP contribution in [0, 0.1) is 5.92 Å². The number of carbonyl (C=O) groups is 1. The second-order valence-corrected chi connectivity index (χ2v) is 11.4. The van der Waals surface area contributed by atoms with E-state index in [1.165, 1.54) is 25.7 Å². The minimum atomic E-state index is -0.564. The summed E-state index contributed by atoms with van der Waals surface area (Å²) in [5, 5.41) is 13.9. The Hall–Kier alpha value is -3.81. The number of benzene rings is 3. The quantitative estimate of drug-likeness (QED) is 0.149. The van der Waals surface area contributed by atoms with Gasteiger partial charge in [-0.3, -0.25) is 4.79 Å². The topological polar surface area (TPSA) is 86.2 Å². The summed E-state index contributed by atoms with van der Waals surface area (Å²) < 4.78 is 22.7. The first-order chi connectivity index (χ1) is 20.6. The molecule has 0 radical (unpaired) electrons. The number of nitrogens with one attached hydrogen (secondary N) is 1. The first-order valence-corrected chi connectivity index (χ1v) is 15.2.